The molecule has 0 heterocycles. The molecule has 0 aromatic heterocycles. The first-order valence-electron chi connectivity index (χ1n) is 1.39. The van der Waals surface area contributed by atoms with Crippen LogP contribution in [0.5, 0.6) is 0 Å². The first kappa shape index (κ1) is 5.91. The standard InChI is InChI=1S/C2H6O2SSi/c1-2-5(3,4)6/h2H,1H2,6H3. The van der Waals surface area contributed by atoms with E-state index in [1.807, 2.05) is 0 Å². The minimum absolute atomic E-state index is 0.183. The van der Waals surface area contributed by atoms with Gasteiger partial charge in [-0.25, -0.2) is 8.42 Å². The third-order valence-corrected chi connectivity index (χ3v) is 1.91. The summed E-state index contributed by atoms with van der Waals surface area (Å²) in [4.78, 5) is 0. The van der Waals surface area contributed by atoms with Crippen LogP contribution in [0.4, 0.5) is 0 Å². The Morgan fingerprint density at radius 1 is 1.67 bits per heavy atom. The van der Waals surface area contributed by atoms with E-state index in [9.17, 15) is 8.42 Å². The molecule has 4 heteroatoms. The molecule has 0 atom stereocenters. The number of rotatable bonds is 1. The van der Waals surface area contributed by atoms with Crippen LogP contribution in [-0.4, -0.2) is 17.8 Å². The van der Waals surface area contributed by atoms with Crippen molar-refractivity contribution in [1.82, 2.24) is 0 Å². The van der Waals surface area contributed by atoms with Gasteiger partial charge >= 0.3 is 0 Å². The third kappa shape index (κ3) is 3.91. The molecule has 6 heavy (non-hydrogen) atoms. The van der Waals surface area contributed by atoms with E-state index in [4.69, 9.17) is 0 Å². The fourth-order valence-electron chi connectivity index (χ4n) is 0. The van der Waals surface area contributed by atoms with Crippen molar-refractivity contribution in [3.63, 3.8) is 0 Å². The fraction of sp³-hybridized carbons (Fsp3) is 0. The highest BCUT2D eigenvalue weighted by molar-refractivity contribution is 8.14. The molecule has 0 spiro atoms. The van der Waals surface area contributed by atoms with Gasteiger partial charge in [-0.15, -0.1) is 0 Å². The van der Waals surface area contributed by atoms with E-state index >= 15 is 0 Å². The first-order valence-corrected chi connectivity index (χ1v) is 5.79. The summed E-state index contributed by atoms with van der Waals surface area (Å²) >= 11 is 0. The first-order chi connectivity index (χ1) is 2.56. The van der Waals surface area contributed by atoms with Crippen molar-refractivity contribution >= 4 is 18.7 Å². The second-order valence-electron chi connectivity index (χ2n) is 0.996. The molecular weight excluding hydrogens is 116 g/mol. The molecule has 0 aromatic rings. The molecule has 0 unspecified atom stereocenters. The molecule has 0 aliphatic rings. The minimum atomic E-state index is -2.76. The Kier molecular flexibility index (Phi) is 1.55. The van der Waals surface area contributed by atoms with Crippen molar-refractivity contribution in [2.24, 2.45) is 0 Å². The van der Waals surface area contributed by atoms with Gasteiger partial charge in [0, 0.05) is 5.41 Å². The van der Waals surface area contributed by atoms with Crippen molar-refractivity contribution in [2.75, 3.05) is 0 Å². The topological polar surface area (TPSA) is 34.1 Å². The summed E-state index contributed by atoms with van der Waals surface area (Å²) in [7, 11) is -2.58. The van der Waals surface area contributed by atoms with E-state index in [1.165, 1.54) is 0 Å². The van der Waals surface area contributed by atoms with E-state index in [-0.39, 0.29) is 9.39 Å². The number of hydrogen-bond donors (Lipinski definition) is 0. The Hall–Kier alpha value is -0.0931. The van der Waals surface area contributed by atoms with Crippen LogP contribution >= 0.6 is 0 Å². The van der Waals surface area contributed by atoms with Gasteiger partial charge in [-0.1, -0.05) is 6.58 Å². The van der Waals surface area contributed by atoms with Crippen LogP contribution in [0.1, 0.15) is 0 Å². The molecule has 0 radical (unpaired) electrons. The summed E-state index contributed by atoms with van der Waals surface area (Å²) in [6.07, 6.45) is 0. The molecule has 0 aliphatic heterocycles. The van der Waals surface area contributed by atoms with Crippen molar-refractivity contribution in [3.8, 4) is 0 Å². The van der Waals surface area contributed by atoms with Gasteiger partial charge < -0.3 is 0 Å². The highest BCUT2D eigenvalue weighted by Crippen LogP contribution is 1.74. The largest absolute Gasteiger partial charge is 0.233 e. The van der Waals surface area contributed by atoms with Crippen molar-refractivity contribution in [1.29, 1.82) is 0 Å². The molecule has 0 N–H and O–H groups in total. The predicted molar refractivity (Wildman–Crippen MR) is 29.1 cm³/mol. The maximum atomic E-state index is 9.94. The van der Waals surface area contributed by atoms with Gasteiger partial charge in [0.25, 0.3) is 0 Å². The molecule has 0 fully saturated rings. The van der Waals surface area contributed by atoms with E-state index < -0.39 is 9.29 Å². The van der Waals surface area contributed by atoms with E-state index in [1.54, 1.807) is 0 Å². The normalized spacial score (nSPS) is 11.3. The molecular formula is C2H6O2SSi. The summed E-state index contributed by atoms with van der Waals surface area (Å²) in [6.45, 7) is 3.08. The monoisotopic (exact) mass is 122 g/mol. The lowest BCUT2D eigenvalue weighted by Crippen LogP contribution is -1.88. The Morgan fingerprint density at radius 3 is 1.83 bits per heavy atom. The average molecular weight is 122 g/mol. The molecule has 2 nitrogen and oxygen atoms in total. The van der Waals surface area contributed by atoms with Crippen molar-refractivity contribution in [3.05, 3.63) is 12.0 Å². The van der Waals surface area contributed by atoms with Crippen LogP contribution in [0.15, 0.2) is 12.0 Å². The smallest absolute Gasteiger partial charge is 0.154 e. The molecule has 0 rings (SSSR count). The summed E-state index contributed by atoms with van der Waals surface area (Å²) in [5.41, 5.74) is 0. The Bertz CT molecular complexity index is 122. The molecule has 0 saturated heterocycles. The van der Waals surface area contributed by atoms with E-state index in [0.29, 0.717) is 0 Å². The lowest BCUT2D eigenvalue weighted by molar-refractivity contribution is 0.617. The zero-order valence-electron chi connectivity index (χ0n) is 3.51. The second-order valence-corrected chi connectivity index (χ2v) is 6.40. The van der Waals surface area contributed by atoms with Crippen LogP contribution in [-0.2, 0) is 9.29 Å². The zero-order chi connectivity index (χ0) is 5.21. The lowest BCUT2D eigenvalue weighted by Gasteiger charge is -1.74. The molecule has 0 amide bonds. The van der Waals surface area contributed by atoms with Crippen LogP contribution < -0.4 is 0 Å². The van der Waals surface area contributed by atoms with Gasteiger partial charge in [0.05, 0.1) is 0 Å². The zero-order valence-corrected chi connectivity index (χ0v) is 6.33. The maximum absolute atomic E-state index is 9.94. The highest BCUT2D eigenvalue weighted by atomic mass is 32.4. The van der Waals surface area contributed by atoms with Crippen molar-refractivity contribution < 1.29 is 8.42 Å². The predicted octanol–water partition coefficient (Wildman–Crippen LogP) is -1.17. The molecule has 0 aromatic carbocycles. The average Bonchev–Trinajstić information content (AvgIpc) is 1.35. The van der Waals surface area contributed by atoms with Crippen LogP contribution in [0.3, 0.4) is 0 Å². The second kappa shape index (κ2) is 1.57. The molecule has 36 valence electrons. The number of hydrogen-bond acceptors (Lipinski definition) is 2. The summed E-state index contributed by atoms with van der Waals surface area (Å²) in [6, 6.07) is 0. The van der Waals surface area contributed by atoms with Gasteiger partial charge in [0.1, 0.15) is 9.29 Å². The molecule has 0 saturated carbocycles. The van der Waals surface area contributed by atoms with Gasteiger partial charge in [0.2, 0.25) is 0 Å². The van der Waals surface area contributed by atoms with Crippen LogP contribution in [0, 0.1) is 0 Å². The lowest BCUT2D eigenvalue weighted by atomic mass is 11.3. The fourth-order valence-corrected chi connectivity index (χ4v) is 0. The third-order valence-electron chi connectivity index (χ3n) is 0.303. The Morgan fingerprint density at radius 2 is 1.83 bits per heavy atom. The summed E-state index contributed by atoms with van der Waals surface area (Å²) in [5.74, 6) is 0. The minimum Gasteiger partial charge on any atom is -0.233 e. The summed E-state index contributed by atoms with van der Waals surface area (Å²) < 4.78 is 19.9. The van der Waals surface area contributed by atoms with Crippen LogP contribution in [0.2, 0.25) is 0 Å². The highest BCUT2D eigenvalue weighted by Gasteiger charge is 1.84. The van der Waals surface area contributed by atoms with Gasteiger partial charge in [-0.2, -0.15) is 0 Å². The SMILES string of the molecule is C=CS(=O)(=O)[SiH3]. The maximum Gasteiger partial charge on any atom is 0.154 e. The van der Waals surface area contributed by atoms with E-state index in [0.717, 1.165) is 5.41 Å². The van der Waals surface area contributed by atoms with Gasteiger partial charge in [0.15, 0.2) is 9.39 Å². The van der Waals surface area contributed by atoms with Crippen molar-refractivity contribution in [2.45, 2.75) is 0 Å². The Balaban J connectivity index is 4.25. The summed E-state index contributed by atoms with van der Waals surface area (Å²) in [5, 5.41) is 0.971. The van der Waals surface area contributed by atoms with Crippen LogP contribution in [0.25, 0.3) is 0 Å². The molecule has 0 aliphatic carbocycles. The Labute approximate surface area is 39.9 Å². The van der Waals surface area contributed by atoms with Gasteiger partial charge in [-0.3, -0.25) is 0 Å². The van der Waals surface area contributed by atoms with E-state index in [2.05, 4.69) is 6.58 Å². The quantitative estimate of drug-likeness (QED) is 0.410. The molecule has 0 bridgehead atoms. The van der Waals surface area contributed by atoms with Gasteiger partial charge in [-0.05, 0) is 0 Å².